The third-order valence-electron chi connectivity index (χ3n) is 3.11. The maximum absolute atomic E-state index is 5.96. The average Bonchev–Trinajstić information content (AvgIpc) is 2.98. The summed E-state index contributed by atoms with van der Waals surface area (Å²) >= 11 is 1.61. The molecule has 2 aromatic heterocycles. The number of thiophene rings is 1. The number of aromatic nitrogens is 2. The van der Waals surface area contributed by atoms with Gasteiger partial charge in [-0.2, -0.15) is 4.98 Å². The molecule has 0 aromatic carbocycles. The van der Waals surface area contributed by atoms with E-state index in [4.69, 9.17) is 10.3 Å². The molecule has 1 fully saturated rings. The van der Waals surface area contributed by atoms with Crippen molar-refractivity contribution in [1.82, 2.24) is 15.0 Å². The van der Waals surface area contributed by atoms with Crippen LogP contribution in [-0.4, -0.2) is 34.2 Å². The Kier molecular flexibility index (Phi) is 3.40. The van der Waals surface area contributed by atoms with Crippen molar-refractivity contribution in [3.05, 3.63) is 23.3 Å². The Hall–Kier alpha value is -1.24. The lowest BCUT2D eigenvalue weighted by molar-refractivity contribution is 0.195. The lowest BCUT2D eigenvalue weighted by Crippen LogP contribution is -2.42. The fraction of sp³-hybridized carbons (Fsp3) is 0.500. The van der Waals surface area contributed by atoms with Gasteiger partial charge in [0.1, 0.15) is 0 Å². The first-order valence-corrected chi connectivity index (χ1v) is 7.03. The molecule has 1 atom stereocenters. The second-order valence-electron chi connectivity index (χ2n) is 4.63. The third-order valence-corrected chi connectivity index (χ3v) is 3.96. The molecule has 0 radical (unpaired) electrons. The van der Waals surface area contributed by atoms with Crippen LogP contribution in [0.3, 0.4) is 0 Å². The van der Waals surface area contributed by atoms with Crippen LogP contribution >= 0.6 is 11.3 Å². The molecule has 0 spiro atoms. The van der Waals surface area contributed by atoms with Gasteiger partial charge in [0, 0.05) is 12.6 Å². The molecule has 0 bridgehead atoms. The van der Waals surface area contributed by atoms with Crippen LogP contribution in [0.5, 0.6) is 0 Å². The van der Waals surface area contributed by atoms with E-state index < -0.39 is 0 Å². The van der Waals surface area contributed by atoms with Crippen molar-refractivity contribution in [2.24, 2.45) is 5.73 Å². The monoisotopic (exact) mass is 264 g/mol. The first-order valence-electron chi connectivity index (χ1n) is 6.15. The van der Waals surface area contributed by atoms with Gasteiger partial charge in [0.15, 0.2) is 5.82 Å². The van der Waals surface area contributed by atoms with Crippen molar-refractivity contribution in [2.75, 3.05) is 13.1 Å². The van der Waals surface area contributed by atoms with Crippen molar-refractivity contribution in [3.8, 4) is 10.8 Å². The van der Waals surface area contributed by atoms with Crippen LogP contribution in [0.25, 0.3) is 10.8 Å². The zero-order chi connectivity index (χ0) is 12.4. The van der Waals surface area contributed by atoms with Crippen molar-refractivity contribution in [3.63, 3.8) is 0 Å². The minimum atomic E-state index is 0.280. The topological polar surface area (TPSA) is 68.2 Å². The fourth-order valence-corrected chi connectivity index (χ4v) is 2.90. The molecule has 2 aromatic rings. The number of hydrogen-bond acceptors (Lipinski definition) is 6. The number of rotatable bonds is 3. The largest absolute Gasteiger partial charge is 0.333 e. The Morgan fingerprint density at radius 3 is 3.28 bits per heavy atom. The van der Waals surface area contributed by atoms with Gasteiger partial charge < -0.3 is 10.3 Å². The second-order valence-corrected chi connectivity index (χ2v) is 5.58. The number of likely N-dealkylation sites (tertiary alicyclic amines) is 1. The van der Waals surface area contributed by atoms with Gasteiger partial charge in [-0.15, -0.1) is 11.3 Å². The van der Waals surface area contributed by atoms with E-state index in [9.17, 15) is 0 Å². The lowest BCUT2D eigenvalue weighted by Gasteiger charge is -2.29. The summed E-state index contributed by atoms with van der Waals surface area (Å²) in [6.45, 7) is 2.71. The zero-order valence-electron chi connectivity index (χ0n) is 10.1. The summed E-state index contributed by atoms with van der Waals surface area (Å²) in [4.78, 5) is 7.73. The molecule has 96 valence electrons. The average molecular weight is 264 g/mol. The first-order chi connectivity index (χ1) is 8.81. The molecule has 3 heterocycles. The van der Waals surface area contributed by atoms with E-state index in [1.165, 1.54) is 0 Å². The number of hydrogen-bond donors (Lipinski definition) is 1. The minimum absolute atomic E-state index is 0.280. The smallest absolute Gasteiger partial charge is 0.268 e. The Morgan fingerprint density at radius 1 is 1.56 bits per heavy atom. The highest BCUT2D eigenvalue weighted by Crippen LogP contribution is 2.22. The quantitative estimate of drug-likeness (QED) is 0.914. The summed E-state index contributed by atoms with van der Waals surface area (Å²) in [6, 6.07) is 4.24. The second kappa shape index (κ2) is 5.17. The maximum Gasteiger partial charge on any atom is 0.268 e. The molecule has 5 nitrogen and oxygen atoms in total. The van der Waals surface area contributed by atoms with Gasteiger partial charge in [-0.05, 0) is 30.8 Å². The van der Waals surface area contributed by atoms with E-state index in [1.807, 2.05) is 17.5 Å². The van der Waals surface area contributed by atoms with E-state index in [-0.39, 0.29) is 6.04 Å². The summed E-state index contributed by atoms with van der Waals surface area (Å²) in [5.41, 5.74) is 5.96. The predicted octanol–water partition coefficient (Wildman–Crippen LogP) is 1.72. The number of piperidine rings is 1. The molecular formula is C12H16N4OS. The van der Waals surface area contributed by atoms with Gasteiger partial charge >= 0.3 is 0 Å². The van der Waals surface area contributed by atoms with E-state index in [0.29, 0.717) is 5.89 Å². The molecule has 0 amide bonds. The zero-order valence-corrected chi connectivity index (χ0v) is 10.9. The molecule has 0 saturated carbocycles. The van der Waals surface area contributed by atoms with Crippen LogP contribution in [0.2, 0.25) is 0 Å². The number of nitrogens with two attached hydrogens (primary N) is 1. The summed E-state index contributed by atoms with van der Waals surface area (Å²) < 4.78 is 5.27. The highest BCUT2D eigenvalue weighted by atomic mass is 32.1. The van der Waals surface area contributed by atoms with Crippen molar-refractivity contribution in [1.29, 1.82) is 0 Å². The normalized spacial score (nSPS) is 21.3. The van der Waals surface area contributed by atoms with E-state index in [0.717, 1.165) is 43.2 Å². The maximum atomic E-state index is 5.96. The molecular weight excluding hydrogens is 248 g/mol. The Labute approximate surface area is 110 Å². The third kappa shape index (κ3) is 2.60. The highest BCUT2D eigenvalue weighted by Gasteiger charge is 2.19. The molecule has 1 aliphatic heterocycles. The summed E-state index contributed by atoms with van der Waals surface area (Å²) in [5.74, 6) is 1.36. The van der Waals surface area contributed by atoms with Crippen LogP contribution in [-0.2, 0) is 6.54 Å². The van der Waals surface area contributed by atoms with Crippen LogP contribution < -0.4 is 5.73 Å². The fourth-order valence-electron chi connectivity index (χ4n) is 2.25. The standard InChI is InChI=1S/C12H16N4OS/c13-9-3-1-5-16(7-9)8-11-14-12(17-15-11)10-4-2-6-18-10/h2,4,6,9H,1,3,5,7-8,13H2/t9-/m1/s1. The van der Waals surface area contributed by atoms with Gasteiger partial charge in [0.05, 0.1) is 11.4 Å². The molecule has 6 heteroatoms. The van der Waals surface area contributed by atoms with Crippen molar-refractivity contribution in [2.45, 2.75) is 25.4 Å². The van der Waals surface area contributed by atoms with E-state index >= 15 is 0 Å². The Morgan fingerprint density at radius 2 is 2.50 bits per heavy atom. The van der Waals surface area contributed by atoms with E-state index in [2.05, 4.69) is 15.0 Å². The first kappa shape index (κ1) is 11.8. The minimum Gasteiger partial charge on any atom is -0.333 e. The van der Waals surface area contributed by atoms with Gasteiger partial charge in [0.25, 0.3) is 5.89 Å². The van der Waals surface area contributed by atoms with Crippen molar-refractivity contribution >= 4 is 11.3 Å². The summed E-state index contributed by atoms with van der Waals surface area (Å²) in [6.07, 6.45) is 2.26. The molecule has 1 saturated heterocycles. The van der Waals surface area contributed by atoms with Gasteiger partial charge in [-0.25, -0.2) is 0 Å². The molecule has 0 unspecified atom stereocenters. The highest BCUT2D eigenvalue weighted by molar-refractivity contribution is 7.13. The summed E-state index contributed by atoms with van der Waals surface area (Å²) in [7, 11) is 0. The van der Waals surface area contributed by atoms with Crippen LogP contribution in [0.1, 0.15) is 18.7 Å². The van der Waals surface area contributed by atoms with Crippen LogP contribution in [0.4, 0.5) is 0 Å². The molecule has 2 N–H and O–H groups in total. The number of nitrogens with zero attached hydrogens (tertiary/aromatic N) is 3. The van der Waals surface area contributed by atoms with Crippen molar-refractivity contribution < 1.29 is 4.52 Å². The molecule has 1 aliphatic rings. The lowest BCUT2D eigenvalue weighted by atomic mass is 10.1. The molecule has 0 aliphatic carbocycles. The van der Waals surface area contributed by atoms with Gasteiger partial charge in [-0.3, -0.25) is 4.90 Å². The Balaban J connectivity index is 1.66. The van der Waals surface area contributed by atoms with Gasteiger partial charge in [-0.1, -0.05) is 11.2 Å². The Bertz CT molecular complexity index is 496. The van der Waals surface area contributed by atoms with Crippen LogP contribution in [0, 0.1) is 0 Å². The van der Waals surface area contributed by atoms with E-state index in [1.54, 1.807) is 11.3 Å². The molecule has 18 heavy (non-hydrogen) atoms. The predicted molar refractivity (Wildman–Crippen MR) is 70.1 cm³/mol. The molecule has 3 rings (SSSR count). The van der Waals surface area contributed by atoms with Crippen LogP contribution in [0.15, 0.2) is 22.0 Å². The SMILES string of the molecule is N[C@@H]1CCCN(Cc2noc(-c3cccs3)n2)C1. The van der Waals surface area contributed by atoms with Gasteiger partial charge in [0.2, 0.25) is 0 Å². The summed E-state index contributed by atoms with van der Waals surface area (Å²) in [5, 5.41) is 6.03.